The van der Waals surface area contributed by atoms with E-state index in [0.29, 0.717) is 6.61 Å². The zero-order valence-corrected chi connectivity index (χ0v) is 16.7. The molecule has 0 aliphatic carbocycles. The Labute approximate surface area is 170 Å². The van der Waals surface area contributed by atoms with Crippen molar-refractivity contribution >= 4 is 16.6 Å². The van der Waals surface area contributed by atoms with Gasteiger partial charge in [-0.15, -0.1) is 0 Å². The first-order valence-corrected chi connectivity index (χ1v) is 9.45. The van der Waals surface area contributed by atoms with Crippen LogP contribution in [0.25, 0.3) is 16.6 Å². The van der Waals surface area contributed by atoms with Gasteiger partial charge in [0.1, 0.15) is 12.4 Å². The van der Waals surface area contributed by atoms with Crippen LogP contribution in [-0.4, -0.2) is 31.6 Å². The summed E-state index contributed by atoms with van der Waals surface area (Å²) in [5.74, 6) is 0.801. The highest BCUT2D eigenvalue weighted by Crippen LogP contribution is 2.25. The lowest BCUT2D eigenvalue weighted by Gasteiger charge is -2.17. The van der Waals surface area contributed by atoms with Crippen molar-refractivity contribution in [3.05, 3.63) is 77.5 Å². The van der Waals surface area contributed by atoms with Crippen molar-refractivity contribution in [2.24, 2.45) is 0 Å². The van der Waals surface area contributed by atoms with Crippen molar-refractivity contribution in [3.8, 4) is 5.75 Å². The number of nitrogens with zero attached hydrogens (tertiary/aromatic N) is 1. The largest absolute Gasteiger partial charge is 0.489 e. The second-order valence-electron chi connectivity index (χ2n) is 6.86. The lowest BCUT2D eigenvalue weighted by molar-refractivity contribution is -0.171. The summed E-state index contributed by atoms with van der Waals surface area (Å²) in [5.41, 5.74) is 7.89. The molecule has 2 heterocycles. The summed E-state index contributed by atoms with van der Waals surface area (Å²) >= 11 is 0. The van der Waals surface area contributed by atoms with Crippen LogP contribution in [0, 0.1) is 6.92 Å². The van der Waals surface area contributed by atoms with Crippen LogP contribution in [0.5, 0.6) is 5.75 Å². The fourth-order valence-electron chi connectivity index (χ4n) is 3.42. The predicted molar refractivity (Wildman–Crippen MR) is 111 cm³/mol. The van der Waals surface area contributed by atoms with Gasteiger partial charge in [-0.3, -0.25) is 15.3 Å². The summed E-state index contributed by atoms with van der Waals surface area (Å²) < 4.78 is 16.5. The third-order valence-corrected chi connectivity index (χ3v) is 4.86. The molecule has 29 heavy (non-hydrogen) atoms. The number of hydroxylamine groups is 1. The highest BCUT2D eigenvalue weighted by atomic mass is 16.7. The van der Waals surface area contributed by atoms with Gasteiger partial charge >= 0.3 is 0 Å². The molecule has 1 unspecified atom stereocenters. The van der Waals surface area contributed by atoms with Gasteiger partial charge in [0.15, 0.2) is 12.4 Å². The smallest absolute Gasteiger partial charge is 0.189 e. The molecule has 1 aliphatic heterocycles. The average molecular weight is 392 g/mol. The number of pyridine rings is 1. The van der Waals surface area contributed by atoms with E-state index in [1.54, 1.807) is 14.2 Å². The van der Waals surface area contributed by atoms with E-state index in [4.69, 9.17) is 19.0 Å². The highest BCUT2D eigenvalue weighted by molar-refractivity contribution is 5.82. The minimum Gasteiger partial charge on any atom is -0.489 e. The number of nitrogens with one attached hydrogen (secondary N) is 1. The number of hydrogen-bond acceptors (Lipinski definition) is 6. The molecule has 150 valence electrons. The summed E-state index contributed by atoms with van der Waals surface area (Å²) in [6.07, 6.45) is 1.18. The molecule has 1 aliphatic rings. The normalized spacial score (nSPS) is 16.1. The van der Waals surface area contributed by atoms with Crippen LogP contribution in [0.1, 0.15) is 16.8 Å². The molecule has 0 spiro atoms. The molecular weight excluding hydrogens is 368 g/mol. The number of rotatable bonds is 7. The third kappa shape index (κ3) is 4.24. The lowest BCUT2D eigenvalue weighted by Crippen LogP contribution is -2.30. The van der Waals surface area contributed by atoms with Crippen molar-refractivity contribution in [2.45, 2.75) is 25.9 Å². The highest BCUT2D eigenvalue weighted by Gasteiger charge is 2.26. The topological polar surface area (TPSA) is 61.8 Å². The fourth-order valence-corrected chi connectivity index (χ4v) is 3.42. The van der Waals surface area contributed by atoms with Gasteiger partial charge in [-0.05, 0) is 55.0 Å². The predicted octanol–water partition coefficient (Wildman–Crippen LogP) is 3.99. The van der Waals surface area contributed by atoms with Crippen LogP contribution < -0.4 is 10.2 Å². The van der Waals surface area contributed by atoms with E-state index in [-0.39, 0.29) is 6.10 Å². The van der Waals surface area contributed by atoms with E-state index in [9.17, 15) is 0 Å². The van der Waals surface area contributed by atoms with E-state index < -0.39 is 6.29 Å². The molecule has 0 bridgehead atoms. The first kappa shape index (κ1) is 19.4. The second-order valence-corrected chi connectivity index (χ2v) is 6.86. The van der Waals surface area contributed by atoms with Gasteiger partial charge in [-0.2, -0.15) is 0 Å². The first-order valence-electron chi connectivity index (χ1n) is 9.45. The van der Waals surface area contributed by atoms with Crippen LogP contribution in [-0.2, 0) is 20.9 Å². The zero-order chi connectivity index (χ0) is 20.2. The first-order chi connectivity index (χ1) is 14.2. The van der Waals surface area contributed by atoms with Gasteiger partial charge in [0.2, 0.25) is 0 Å². The Bertz CT molecular complexity index is 1010. The molecule has 1 N–H and O–H groups in total. The molecule has 3 aromatic rings. The Morgan fingerprint density at radius 1 is 1.07 bits per heavy atom. The fraction of sp³-hybridized carbons (Fsp3) is 0.261. The van der Waals surface area contributed by atoms with Crippen molar-refractivity contribution in [1.29, 1.82) is 0 Å². The van der Waals surface area contributed by atoms with Crippen LogP contribution in [0.15, 0.2) is 60.7 Å². The molecule has 6 heteroatoms. The van der Waals surface area contributed by atoms with Crippen molar-refractivity contribution in [2.75, 3.05) is 14.2 Å². The Hall–Kier alpha value is -2.93. The molecule has 6 nitrogen and oxygen atoms in total. The Morgan fingerprint density at radius 2 is 1.83 bits per heavy atom. The number of fused-ring (bicyclic) bond motifs is 1. The monoisotopic (exact) mass is 392 g/mol. The van der Waals surface area contributed by atoms with E-state index in [2.05, 4.69) is 22.6 Å². The minimum atomic E-state index is -0.457. The molecule has 4 rings (SSSR count). The second kappa shape index (κ2) is 8.61. The number of aryl methyl sites for hydroxylation is 1. The zero-order valence-electron chi connectivity index (χ0n) is 16.7. The van der Waals surface area contributed by atoms with Crippen LogP contribution in [0.2, 0.25) is 0 Å². The minimum absolute atomic E-state index is 0.306. The van der Waals surface area contributed by atoms with Crippen molar-refractivity contribution in [3.63, 3.8) is 0 Å². The third-order valence-electron chi connectivity index (χ3n) is 4.86. The summed E-state index contributed by atoms with van der Waals surface area (Å²) in [5, 5.41) is 1.11. The summed E-state index contributed by atoms with van der Waals surface area (Å²) in [7, 11) is 3.17. The number of para-hydroxylation sites is 1. The summed E-state index contributed by atoms with van der Waals surface area (Å²) in [4.78, 5) is 10.1. The molecule has 0 amide bonds. The van der Waals surface area contributed by atoms with E-state index in [1.165, 1.54) is 0 Å². The molecule has 0 saturated heterocycles. The van der Waals surface area contributed by atoms with E-state index >= 15 is 0 Å². The maximum atomic E-state index is 6.03. The van der Waals surface area contributed by atoms with Gasteiger partial charge in [0, 0.05) is 30.9 Å². The summed E-state index contributed by atoms with van der Waals surface area (Å²) in [6, 6.07) is 18.1. The van der Waals surface area contributed by atoms with Crippen molar-refractivity contribution < 1.29 is 19.0 Å². The molecular formula is C23H24N2O4. The van der Waals surface area contributed by atoms with Crippen LogP contribution >= 0.6 is 0 Å². The maximum absolute atomic E-state index is 6.03. The van der Waals surface area contributed by atoms with Crippen LogP contribution in [0.4, 0.5) is 0 Å². The van der Waals surface area contributed by atoms with Crippen molar-refractivity contribution in [1.82, 2.24) is 10.5 Å². The SMILES string of the molecule is COC(OC)C1C=C(c2ccc(OCc3cc(C)nc4ccccc34)cc2)NO1. The molecule has 2 aromatic carbocycles. The molecule has 1 atom stereocenters. The van der Waals surface area contributed by atoms with Crippen LogP contribution in [0.3, 0.4) is 0 Å². The van der Waals surface area contributed by atoms with Gasteiger partial charge < -0.3 is 14.2 Å². The van der Waals surface area contributed by atoms with Gasteiger partial charge in [0.05, 0.1) is 11.2 Å². The molecule has 0 radical (unpaired) electrons. The average Bonchev–Trinajstić information content (AvgIpc) is 3.23. The number of hydrogen-bond donors (Lipinski definition) is 1. The van der Waals surface area contributed by atoms with E-state index in [0.717, 1.165) is 39.2 Å². The Balaban J connectivity index is 1.45. The number of ether oxygens (including phenoxy) is 3. The number of benzene rings is 2. The van der Waals surface area contributed by atoms with E-state index in [1.807, 2.05) is 55.5 Å². The number of aromatic nitrogens is 1. The molecule has 0 saturated carbocycles. The van der Waals surface area contributed by atoms with Gasteiger partial charge in [-0.1, -0.05) is 18.2 Å². The quantitative estimate of drug-likeness (QED) is 0.614. The lowest BCUT2D eigenvalue weighted by atomic mass is 10.1. The summed E-state index contributed by atoms with van der Waals surface area (Å²) in [6.45, 7) is 2.48. The Morgan fingerprint density at radius 3 is 2.59 bits per heavy atom. The number of methoxy groups -OCH3 is 2. The standard InChI is InChI=1S/C23H24N2O4/c1-15-12-17(19-6-4-5-7-20(19)24-15)14-28-18-10-8-16(9-11-18)21-13-22(29-25-21)23(26-2)27-3/h4-13,22-23,25H,14H2,1-3H3. The van der Waals surface area contributed by atoms with Gasteiger partial charge in [-0.25, -0.2) is 0 Å². The molecule has 1 aromatic heterocycles. The maximum Gasteiger partial charge on any atom is 0.189 e. The molecule has 0 fully saturated rings. The Kier molecular flexibility index (Phi) is 5.76. The van der Waals surface area contributed by atoms with Gasteiger partial charge in [0.25, 0.3) is 0 Å².